The minimum absolute atomic E-state index is 0.245. The zero-order chi connectivity index (χ0) is 13.7. The Bertz CT molecular complexity index is 514. The molecular formula is C14H22N2O2S. The Balaban J connectivity index is 2.08. The third-order valence-electron chi connectivity index (χ3n) is 3.39. The summed E-state index contributed by atoms with van der Waals surface area (Å²) in [5.74, 6) is 0.538. The Hall–Kier alpha value is -1.07. The van der Waals surface area contributed by atoms with Crippen molar-refractivity contribution in [3.63, 3.8) is 0 Å². The molecule has 0 amide bonds. The molecule has 0 aromatic heterocycles. The quantitative estimate of drug-likeness (QED) is 0.887. The maximum atomic E-state index is 11.8. The number of rotatable bonds is 5. The van der Waals surface area contributed by atoms with Gasteiger partial charge in [0.1, 0.15) is 0 Å². The summed E-state index contributed by atoms with van der Waals surface area (Å²) < 4.78 is 23.7. The van der Waals surface area contributed by atoms with E-state index in [9.17, 15) is 8.42 Å². The Morgan fingerprint density at radius 1 is 1.26 bits per heavy atom. The van der Waals surface area contributed by atoms with E-state index in [2.05, 4.69) is 22.3 Å². The van der Waals surface area contributed by atoms with Crippen LogP contribution in [0.25, 0.3) is 0 Å². The summed E-state index contributed by atoms with van der Waals surface area (Å²) in [6.45, 7) is 5.10. The van der Waals surface area contributed by atoms with Gasteiger partial charge in [0.05, 0.1) is 5.75 Å². The second kappa shape index (κ2) is 6.39. The van der Waals surface area contributed by atoms with Crippen molar-refractivity contribution < 1.29 is 8.42 Å². The summed E-state index contributed by atoms with van der Waals surface area (Å²) in [6.07, 6.45) is 0.695. The fraction of sp³-hybridized carbons (Fsp3) is 0.571. The van der Waals surface area contributed by atoms with Crippen LogP contribution >= 0.6 is 0 Å². The van der Waals surface area contributed by atoms with Crippen molar-refractivity contribution in [2.75, 3.05) is 36.0 Å². The third kappa shape index (κ3) is 3.94. The van der Waals surface area contributed by atoms with Crippen LogP contribution in [0.3, 0.4) is 0 Å². The van der Waals surface area contributed by atoms with E-state index in [-0.39, 0.29) is 5.75 Å². The summed E-state index contributed by atoms with van der Waals surface area (Å²) in [4.78, 5) is 2.18. The average molecular weight is 282 g/mol. The number of para-hydroxylation sites is 1. The molecule has 1 heterocycles. The normalized spacial score (nSPS) is 15.9. The molecular weight excluding hydrogens is 260 g/mol. The van der Waals surface area contributed by atoms with Crippen LogP contribution in [0.5, 0.6) is 0 Å². The van der Waals surface area contributed by atoms with Crippen LogP contribution in [0, 0.1) is 0 Å². The van der Waals surface area contributed by atoms with Crippen molar-refractivity contribution in [1.82, 2.24) is 5.32 Å². The highest BCUT2D eigenvalue weighted by molar-refractivity contribution is 7.91. The predicted molar refractivity (Wildman–Crippen MR) is 79.3 cm³/mol. The predicted octanol–water partition coefficient (Wildman–Crippen LogP) is 1.42. The van der Waals surface area contributed by atoms with Gasteiger partial charge in [0.25, 0.3) is 0 Å². The van der Waals surface area contributed by atoms with Gasteiger partial charge in [0.2, 0.25) is 0 Å². The van der Waals surface area contributed by atoms with Gasteiger partial charge >= 0.3 is 0 Å². The van der Waals surface area contributed by atoms with Crippen LogP contribution in [0.4, 0.5) is 5.69 Å². The van der Waals surface area contributed by atoms with Gasteiger partial charge in [0, 0.05) is 37.6 Å². The molecule has 1 aliphatic heterocycles. The summed E-state index contributed by atoms with van der Waals surface area (Å²) in [6, 6.07) is 8.21. The number of benzene rings is 1. The summed E-state index contributed by atoms with van der Waals surface area (Å²) in [7, 11) is -2.91. The molecule has 1 aliphatic rings. The van der Waals surface area contributed by atoms with E-state index in [1.807, 2.05) is 19.1 Å². The SMILES string of the molecule is CCCS(=O)(=O)CCN1CCNCc2ccccc21. The maximum absolute atomic E-state index is 11.8. The van der Waals surface area contributed by atoms with Crippen LogP contribution < -0.4 is 10.2 Å². The van der Waals surface area contributed by atoms with Gasteiger partial charge in [-0.2, -0.15) is 0 Å². The van der Waals surface area contributed by atoms with Gasteiger partial charge in [-0.05, 0) is 18.1 Å². The van der Waals surface area contributed by atoms with Gasteiger partial charge in [-0.15, -0.1) is 0 Å². The van der Waals surface area contributed by atoms with Crippen molar-refractivity contribution in [2.24, 2.45) is 0 Å². The van der Waals surface area contributed by atoms with Crippen molar-refractivity contribution in [3.8, 4) is 0 Å². The summed E-state index contributed by atoms with van der Waals surface area (Å²) >= 11 is 0. The maximum Gasteiger partial charge on any atom is 0.152 e. The molecule has 4 nitrogen and oxygen atoms in total. The van der Waals surface area contributed by atoms with Gasteiger partial charge in [-0.1, -0.05) is 25.1 Å². The molecule has 0 unspecified atom stereocenters. The number of hydrogen-bond donors (Lipinski definition) is 1. The number of nitrogens with zero attached hydrogens (tertiary/aromatic N) is 1. The molecule has 0 fully saturated rings. The highest BCUT2D eigenvalue weighted by atomic mass is 32.2. The molecule has 5 heteroatoms. The van der Waals surface area contributed by atoms with Crippen LogP contribution in [-0.2, 0) is 16.4 Å². The molecule has 1 N–H and O–H groups in total. The molecule has 0 saturated carbocycles. The minimum Gasteiger partial charge on any atom is -0.369 e. The van der Waals surface area contributed by atoms with Crippen LogP contribution in [0.2, 0.25) is 0 Å². The molecule has 0 atom stereocenters. The third-order valence-corrected chi connectivity index (χ3v) is 5.23. The Morgan fingerprint density at radius 3 is 2.84 bits per heavy atom. The number of sulfone groups is 1. The van der Waals surface area contributed by atoms with E-state index in [1.54, 1.807) is 0 Å². The lowest BCUT2D eigenvalue weighted by Crippen LogP contribution is -2.33. The lowest BCUT2D eigenvalue weighted by atomic mass is 10.1. The number of hydrogen-bond acceptors (Lipinski definition) is 4. The number of fused-ring (bicyclic) bond motifs is 1. The molecule has 1 aromatic carbocycles. The first-order valence-electron chi connectivity index (χ1n) is 6.86. The second-order valence-corrected chi connectivity index (χ2v) is 7.25. The lowest BCUT2D eigenvalue weighted by molar-refractivity contribution is 0.592. The first-order chi connectivity index (χ1) is 9.12. The fourth-order valence-corrected chi connectivity index (χ4v) is 3.75. The Labute approximate surface area is 115 Å². The molecule has 2 rings (SSSR count). The zero-order valence-corrected chi connectivity index (χ0v) is 12.2. The summed E-state index contributed by atoms with van der Waals surface area (Å²) in [5.41, 5.74) is 2.41. The highest BCUT2D eigenvalue weighted by Crippen LogP contribution is 2.21. The molecule has 1 aromatic rings. The van der Waals surface area contributed by atoms with E-state index < -0.39 is 9.84 Å². The molecule has 0 spiro atoms. The van der Waals surface area contributed by atoms with Crippen LogP contribution in [0.1, 0.15) is 18.9 Å². The van der Waals surface area contributed by atoms with Gasteiger partial charge < -0.3 is 10.2 Å². The Morgan fingerprint density at radius 2 is 2.05 bits per heavy atom. The van der Waals surface area contributed by atoms with Crippen molar-refractivity contribution >= 4 is 15.5 Å². The van der Waals surface area contributed by atoms with Gasteiger partial charge in [0.15, 0.2) is 9.84 Å². The first-order valence-corrected chi connectivity index (χ1v) is 8.68. The van der Waals surface area contributed by atoms with Gasteiger partial charge in [-0.25, -0.2) is 8.42 Å². The standard InChI is InChI=1S/C14H22N2O2S/c1-2-10-19(17,18)11-9-16-8-7-15-12-13-5-3-4-6-14(13)16/h3-6,15H,2,7-12H2,1H3. The average Bonchev–Trinajstić information content (AvgIpc) is 2.58. The van der Waals surface area contributed by atoms with Crippen LogP contribution in [-0.4, -0.2) is 39.6 Å². The molecule has 0 aliphatic carbocycles. The van der Waals surface area contributed by atoms with Gasteiger partial charge in [-0.3, -0.25) is 0 Å². The summed E-state index contributed by atoms with van der Waals surface area (Å²) in [5, 5.41) is 3.36. The number of anilines is 1. The second-order valence-electron chi connectivity index (χ2n) is 4.94. The van der Waals surface area contributed by atoms with E-state index in [4.69, 9.17) is 0 Å². The van der Waals surface area contributed by atoms with E-state index in [0.29, 0.717) is 18.7 Å². The van der Waals surface area contributed by atoms with E-state index in [1.165, 1.54) is 11.3 Å². The van der Waals surface area contributed by atoms with Crippen molar-refractivity contribution in [1.29, 1.82) is 0 Å². The zero-order valence-electron chi connectivity index (χ0n) is 11.4. The first kappa shape index (κ1) is 14.3. The Kier molecular flexibility index (Phi) is 4.82. The molecule has 106 valence electrons. The fourth-order valence-electron chi connectivity index (χ4n) is 2.42. The highest BCUT2D eigenvalue weighted by Gasteiger charge is 2.17. The molecule has 0 radical (unpaired) electrons. The van der Waals surface area contributed by atoms with Crippen LogP contribution in [0.15, 0.2) is 24.3 Å². The molecule has 0 bridgehead atoms. The molecule has 0 saturated heterocycles. The molecule has 19 heavy (non-hydrogen) atoms. The van der Waals surface area contributed by atoms with E-state index in [0.717, 1.165) is 19.6 Å². The van der Waals surface area contributed by atoms with E-state index >= 15 is 0 Å². The monoisotopic (exact) mass is 282 g/mol. The van der Waals surface area contributed by atoms with Crippen molar-refractivity contribution in [2.45, 2.75) is 19.9 Å². The number of nitrogens with one attached hydrogen (secondary N) is 1. The smallest absolute Gasteiger partial charge is 0.152 e. The lowest BCUT2D eigenvalue weighted by Gasteiger charge is -2.24. The largest absolute Gasteiger partial charge is 0.369 e. The van der Waals surface area contributed by atoms with Crippen molar-refractivity contribution in [3.05, 3.63) is 29.8 Å². The minimum atomic E-state index is -2.91. The topological polar surface area (TPSA) is 49.4 Å².